The highest BCUT2D eigenvalue weighted by atomic mass is 16.1. The normalized spacial score (nSPS) is 22.5. The highest BCUT2D eigenvalue weighted by molar-refractivity contribution is 5.95. The number of nitriles is 1. The Hall–Kier alpha value is -1.89. The fourth-order valence-electron chi connectivity index (χ4n) is 2.46. The molecule has 1 heterocycles. The van der Waals surface area contributed by atoms with Crippen LogP contribution in [-0.4, -0.2) is 16.9 Å². The van der Waals surface area contributed by atoms with E-state index >= 15 is 0 Å². The van der Waals surface area contributed by atoms with E-state index in [0.717, 1.165) is 30.7 Å². The van der Waals surface area contributed by atoms with Gasteiger partial charge in [-0.05, 0) is 45.2 Å². The highest BCUT2D eigenvalue weighted by Gasteiger charge is 2.28. The standard InChI is InChI=1S/C14H17N3O/c1-9-6-7-12(10(2)16-9)14(18)17-13-5-3-4-11(13)8-15/h6-7,11,13H,3-5H2,1-2H3,(H,17,18). The molecule has 1 aromatic rings. The van der Waals surface area contributed by atoms with Crippen molar-refractivity contribution >= 4 is 5.91 Å². The molecule has 18 heavy (non-hydrogen) atoms. The van der Waals surface area contributed by atoms with E-state index in [9.17, 15) is 4.79 Å². The molecule has 0 bridgehead atoms. The van der Waals surface area contributed by atoms with Gasteiger partial charge < -0.3 is 5.32 Å². The fraction of sp³-hybridized carbons (Fsp3) is 0.500. The molecule has 2 rings (SSSR count). The molecule has 0 aromatic carbocycles. The molecule has 1 aromatic heterocycles. The Morgan fingerprint density at radius 1 is 1.44 bits per heavy atom. The van der Waals surface area contributed by atoms with E-state index in [1.807, 2.05) is 19.9 Å². The Labute approximate surface area is 107 Å². The monoisotopic (exact) mass is 243 g/mol. The smallest absolute Gasteiger partial charge is 0.253 e. The summed E-state index contributed by atoms with van der Waals surface area (Å²) in [6, 6.07) is 5.88. The molecule has 0 aliphatic heterocycles. The van der Waals surface area contributed by atoms with Gasteiger partial charge in [-0.3, -0.25) is 9.78 Å². The van der Waals surface area contributed by atoms with E-state index in [1.54, 1.807) is 6.07 Å². The van der Waals surface area contributed by atoms with Crippen LogP contribution >= 0.6 is 0 Å². The average molecular weight is 243 g/mol. The van der Waals surface area contributed by atoms with Gasteiger partial charge in [0.2, 0.25) is 0 Å². The van der Waals surface area contributed by atoms with Crippen LogP contribution in [0, 0.1) is 31.1 Å². The Morgan fingerprint density at radius 3 is 2.89 bits per heavy atom. The summed E-state index contributed by atoms with van der Waals surface area (Å²) in [6.07, 6.45) is 2.78. The summed E-state index contributed by atoms with van der Waals surface area (Å²) in [6.45, 7) is 3.73. The molecule has 2 unspecified atom stereocenters. The second kappa shape index (κ2) is 5.18. The Morgan fingerprint density at radius 2 is 2.22 bits per heavy atom. The zero-order chi connectivity index (χ0) is 13.1. The molecular weight excluding hydrogens is 226 g/mol. The van der Waals surface area contributed by atoms with E-state index in [0.29, 0.717) is 5.56 Å². The van der Waals surface area contributed by atoms with Crippen LogP contribution in [0.4, 0.5) is 0 Å². The number of pyridine rings is 1. The predicted molar refractivity (Wildman–Crippen MR) is 67.9 cm³/mol. The zero-order valence-electron chi connectivity index (χ0n) is 10.7. The number of nitrogens with zero attached hydrogens (tertiary/aromatic N) is 2. The van der Waals surface area contributed by atoms with Crippen LogP contribution in [0.5, 0.6) is 0 Å². The van der Waals surface area contributed by atoms with Gasteiger partial charge in [-0.2, -0.15) is 5.26 Å². The summed E-state index contributed by atoms with van der Waals surface area (Å²) in [7, 11) is 0. The second-order valence-electron chi connectivity index (χ2n) is 4.83. The number of aromatic nitrogens is 1. The van der Waals surface area contributed by atoms with Gasteiger partial charge in [-0.25, -0.2) is 0 Å². The minimum atomic E-state index is -0.118. The summed E-state index contributed by atoms with van der Waals surface area (Å²) in [5, 5.41) is 12.0. The topological polar surface area (TPSA) is 65.8 Å². The first-order valence-electron chi connectivity index (χ1n) is 6.26. The third-order valence-electron chi connectivity index (χ3n) is 3.47. The maximum Gasteiger partial charge on any atom is 0.253 e. The third-order valence-corrected chi connectivity index (χ3v) is 3.47. The van der Waals surface area contributed by atoms with Crippen molar-refractivity contribution in [3.8, 4) is 6.07 Å². The molecule has 0 saturated heterocycles. The van der Waals surface area contributed by atoms with E-state index < -0.39 is 0 Å². The summed E-state index contributed by atoms with van der Waals surface area (Å²) in [5.41, 5.74) is 2.24. The van der Waals surface area contributed by atoms with Crippen molar-refractivity contribution < 1.29 is 4.79 Å². The number of nitrogens with one attached hydrogen (secondary N) is 1. The Bertz CT molecular complexity index is 504. The number of rotatable bonds is 2. The van der Waals surface area contributed by atoms with Gasteiger partial charge in [0, 0.05) is 11.7 Å². The van der Waals surface area contributed by atoms with Crippen LogP contribution in [0.1, 0.15) is 41.0 Å². The summed E-state index contributed by atoms with van der Waals surface area (Å²) in [4.78, 5) is 16.4. The maximum atomic E-state index is 12.1. The van der Waals surface area contributed by atoms with Gasteiger partial charge in [0.15, 0.2) is 0 Å². The fourth-order valence-corrected chi connectivity index (χ4v) is 2.46. The lowest BCUT2D eigenvalue weighted by Crippen LogP contribution is -2.37. The Balaban J connectivity index is 2.10. The summed E-state index contributed by atoms with van der Waals surface area (Å²) < 4.78 is 0. The van der Waals surface area contributed by atoms with Crippen LogP contribution < -0.4 is 5.32 Å². The van der Waals surface area contributed by atoms with Gasteiger partial charge in [0.25, 0.3) is 5.91 Å². The van der Waals surface area contributed by atoms with Crippen LogP contribution in [0.25, 0.3) is 0 Å². The quantitative estimate of drug-likeness (QED) is 0.865. The lowest BCUT2D eigenvalue weighted by Gasteiger charge is -2.16. The summed E-state index contributed by atoms with van der Waals surface area (Å²) in [5.74, 6) is -0.167. The first kappa shape index (κ1) is 12.6. The van der Waals surface area contributed by atoms with Crippen LogP contribution in [0.3, 0.4) is 0 Å². The van der Waals surface area contributed by atoms with Crippen molar-refractivity contribution in [2.24, 2.45) is 5.92 Å². The van der Waals surface area contributed by atoms with Gasteiger partial charge in [-0.1, -0.05) is 0 Å². The van der Waals surface area contributed by atoms with Gasteiger partial charge in [-0.15, -0.1) is 0 Å². The van der Waals surface area contributed by atoms with Gasteiger partial charge >= 0.3 is 0 Å². The predicted octanol–water partition coefficient (Wildman–Crippen LogP) is 2.12. The first-order valence-corrected chi connectivity index (χ1v) is 6.26. The molecule has 1 aliphatic rings. The minimum Gasteiger partial charge on any atom is -0.348 e. The average Bonchev–Trinajstić information content (AvgIpc) is 2.76. The third kappa shape index (κ3) is 2.51. The first-order chi connectivity index (χ1) is 8.61. The van der Waals surface area contributed by atoms with Gasteiger partial charge in [0.1, 0.15) is 0 Å². The molecule has 1 aliphatic carbocycles. The van der Waals surface area contributed by atoms with E-state index in [1.165, 1.54) is 0 Å². The molecule has 1 amide bonds. The van der Waals surface area contributed by atoms with Crippen LogP contribution in [0.15, 0.2) is 12.1 Å². The lowest BCUT2D eigenvalue weighted by molar-refractivity contribution is 0.0932. The van der Waals surface area contributed by atoms with Crippen molar-refractivity contribution in [2.75, 3.05) is 0 Å². The second-order valence-corrected chi connectivity index (χ2v) is 4.83. The molecule has 4 heteroatoms. The maximum absolute atomic E-state index is 12.1. The van der Waals surface area contributed by atoms with E-state index in [2.05, 4.69) is 16.4 Å². The van der Waals surface area contributed by atoms with Crippen molar-refractivity contribution in [3.63, 3.8) is 0 Å². The molecule has 1 fully saturated rings. The Kier molecular flexibility index (Phi) is 3.61. The van der Waals surface area contributed by atoms with Crippen molar-refractivity contribution in [1.29, 1.82) is 5.26 Å². The number of amides is 1. The molecular formula is C14H17N3O. The highest BCUT2D eigenvalue weighted by Crippen LogP contribution is 2.25. The van der Waals surface area contributed by atoms with Crippen LogP contribution in [-0.2, 0) is 0 Å². The van der Waals surface area contributed by atoms with Gasteiger partial charge in [0.05, 0.1) is 23.2 Å². The molecule has 0 radical (unpaired) electrons. The molecule has 2 atom stereocenters. The van der Waals surface area contributed by atoms with E-state index in [-0.39, 0.29) is 17.9 Å². The van der Waals surface area contributed by atoms with E-state index in [4.69, 9.17) is 5.26 Å². The van der Waals surface area contributed by atoms with Crippen LogP contribution in [0.2, 0.25) is 0 Å². The van der Waals surface area contributed by atoms with Crippen molar-refractivity contribution in [1.82, 2.24) is 10.3 Å². The SMILES string of the molecule is Cc1ccc(C(=O)NC2CCCC2C#N)c(C)n1. The molecule has 4 nitrogen and oxygen atoms in total. The molecule has 94 valence electrons. The number of hydrogen-bond acceptors (Lipinski definition) is 3. The number of carbonyl (C=O) groups excluding carboxylic acids is 1. The number of aryl methyl sites for hydroxylation is 2. The lowest BCUT2D eigenvalue weighted by atomic mass is 10.0. The zero-order valence-corrected chi connectivity index (χ0v) is 10.7. The minimum absolute atomic E-state index is 0.0109. The number of carbonyl (C=O) groups is 1. The molecule has 1 N–H and O–H groups in total. The molecule has 0 spiro atoms. The van der Waals surface area contributed by atoms with Crippen molar-refractivity contribution in [2.45, 2.75) is 39.2 Å². The van der Waals surface area contributed by atoms with Crippen molar-refractivity contribution in [3.05, 3.63) is 29.1 Å². The molecule has 1 saturated carbocycles. The summed E-state index contributed by atoms with van der Waals surface area (Å²) >= 11 is 0. The number of hydrogen-bond donors (Lipinski definition) is 1. The largest absolute Gasteiger partial charge is 0.348 e.